The predicted octanol–water partition coefficient (Wildman–Crippen LogP) is 3.43. The zero-order chi connectivity index (χ0) is 17.2. The maximum Gasteiger partial charge on any atom is 0.191 e. The normalized spacial score (nSPS) is 18.5. The van der Waals surface area contributed by atoms with Gasteiger partial charge in [0.25, 0.3) is 0 Å². The van der Waals surface area contributed by atoms with Crippen molar-refractivity contribution in [3.8, 4) is 6.07 Å². The van der Waals surface area contributed by atoms with Gasteiger partial charge in [0.2, 0.25) is 0 Å². The van der Waals surface area contributed by atoms with Gasteiger partial charge in [-0.3, -0.25) is 4.90 Å². The first kappa shape index (κ1) is 15.9. The first-order valence-corrected chi connectivity index (χ1v) is 8.74. The number of likely N-dealkylation sites (tertiary alicyclic amines) is 1. The molecule has 1 saturated heterocycles. The molecule has 25 heavy (non-hydrogen) atoms. The largest absolute Gasteiger partial charge is 0.444 e. The number of nitrogens with zero attached hydrogens (tertiary/aromatic N) is 5. The molecule has 1 atom stereocenters. The van der Waals surface area contributed by atoms with E-state index in [9.17, 15) is 5.26 Å². The number of para-hydroxylation sites is 2. The van der Waals surface area contributed by atoms with E-state index in [2.05, 4.69) is 26.6 Å². The fourth-order valence-electron chi connectivity index (χ4n) is 3.71. The summed E-state index contributed by atoms with van der Waals surface area (Å²) >= 11 is 0. The van der Waals surface area contributed by atoms with Crippen molar-refractivity contribution >= 4 is 11.0 Å². The number of piperidine rings is 1. The van der Waals surface area contributed by atoms with Crippen LogP contribution in [0.1, 0.15) is 42.8 Å². The minimum absolute atomic E-state index is 0.171. The van der Waals surface area contributed by atoms with E-state index in [-0.39, 0.29) is 6.04 Å². The molecule has 4 rings (SSSR count). The number of imidazole rings is 1. The molecule has 3 heterocycles. The summed E-state index contributed by atoms with van der Waals surface area (Å²) in [5.41, 5.74) is 2.07. The lowest BCUT2D eigenvalue weighted by atomic mass is 10.0. The number of rotatable bonds is 4. The molecule has 1 aliphatic heterocycles. The van der Waals surface area contributed by atoms with Gasteiger partial charge in [0.1, 0.15) is 11.6 Å². The highest BCUT2D eigenvalue weighted by molar-refractivity contribution is 5.76. The third-order valence-corrected chi connectivity index (χ3v) is 4.85. The molecule has 1 fully saturated rings. The first-order valence-electron chi connectivity index (χ1n) is 8.74. The monoisotopic (exact) mass is 335 g/mol. The van der Waals surface area contributed by atoms with Gasteiger partial charge in [-0.15, -0.1) is 0 Å². The molecule has 2 aromatic heterocycles. The molecule has 128 valence electrons. The van der Waals surface area contributed by atoms with Crippen LogP contribution in [0.15, 0.2) is 34.9 Å². The summed E-state index contributed by atoms with van der Waals surface area (Å²) in [7, 11) is 0. The quantitative estimate of drug-likeness (QED) is 0.683. The maximum absolute atomic E-state index is 9.19. The Morgan fingerprint density at radius 1 is 1.32 bits per heavy atom. The van der Waals surface area contributed by atoms with Crippen LogP contribution in [0.4, 0.5) is 0 Å². The third kappa shape index (κ3) is 3.03. The van der Waals surface area contributed by atoms with Crippen molar-refractivity contribution < 1.29 is 4.42 Å². The van der Waals surface area contributed by atoms with Crippen molar-refractivity contribution in [2.24, 2.45) is 0 Å². The lowest BCUT2D eigenvalue weighted by Crippen LogP contribution is -2.35. The Hall–Kier alpha value is -2.65. The van der Waals surface area contributed by atoms with E-state index in [4.69, 9.17) is 9.40 Å². The molecule has 0 bridgehead atoms. The number of benzene rings is 1. The van der Waals surface area contributed by atoms with Crippen molar-refractivity contribution in [1.82, 2.24) is 19.4 Å². The van der Waals surface area contributed by atoms with Gasteiger partial charge in [0, 0.05) is 6.92 Å². The molecule has 6 heteroatoms. The molecule has 0 amide bonds. The average molecular weight is 335 g/mol. The van der Waals surface area contributed by atoms with E-state index >= 15 is 0 Å². The second-order valence-corrected chi connectivity index (χ2v) is 6.53. The SMILES string of the molecule is Cc1ncc(Cn2c(C3CCCCN3CC#N)nc3ccccc32)o1. The Kier molecular flexibility index (Phi) is 4.24. The summed E-state index contributed by atoms with van der Waals surface area (Å²) in [4.78, 5) is 11.4. The summed E-state index contributed by atoms with van der Waals surface area (Å²) in [6.45, 7) is 3.85. The standard InChI is InChI=1S/C19H21N5O/c1-14-21-12-15(25-14)13-24-17-7-3-2-6-16(17)22-19(24)18-8-4-5-10-23(18)11-9-20/h2-3,6-7,12,18H,4-5,8,10-11,13H2,1H3. The lowest BCUT2D eigenvalue weighted by Gasteiger charge is -2.33. The van der Waals surface area contributed by atoms with Gasteiger partial charge in [0.05, 0.1) is 42.4 Å². The van der Waals surface area contributed by atoms with Crippen LogP contribution in [0.25, 0.3) is 11.0 Å². The fraction of sp³-hybridized carbons (Fsp3) is 0.421. The Morgan fingerprint density at radius 3 is 3.00 bits per heavy atom. The minimum Gasteiger partial charge on any atom is -0.444 e. The van der Waals surface area contributed by atoms with E-state index in [1.165, 1.54) is 0 Å². The van der Waals surface area contributed by atoms with Gasteiger partial charge in [-0.2, -0.15) is 5.26 Å². The highest BCUT2D eigenvalue weighted by Gasteiger charge is 2.28. The van der Waals surface area contributed by atoms with Gasteiger partial charge in [0.15, 0.2) is 5.89 Å². The molecule has 0 saturated carbocycles. The van der Waals surface area contributed by atoms with Crippen molar-refractivity contribution in [1.29, 1.82) is 5.26 Å². The van der Waals surface area contributed by atoms with Crippen LogP contribution in [0.3, 0.4) is 0 Å². The molecular formula is C19H21N5O. The minimum atomic E-state index is 0.171. The number of oxazole rings is 1. The van der Waals surface area contributed by atoms with E-state index < -0.39 is 0 Å². The van der Waals surface area contributed by atoms with E-state index in [0.29, 0.717) is 19.0 Å². The summed E-state index contributed by atoms with van der Waals surface area (Å²) in [5, 5.41) is 9.19. The number of nitriles is 1. The molecule has 1 aliphatic rings. The highest BCUT2D eigenvalue weighted by Crippen LogP contribution is 2.32. The Labute approximate surface area is 146 Å². The smallest absolute Gasteiger partial charge is 0.191 e. The summed E-state index contributed by atoms with van der Waals surface area (Å²) in [6.07, 6.45) is 5.11. The van der Waals surface area contributed by atoms with Gasteiger partial charge in [-0.05, 0) is 31.5 Å². The van der Waals surface area contributed by atoms with Gasteiger partial charge < -0.3 is 8.98 Å². The number of aromatic nitrogens is 3. The van der Waals surface area contributed by atoms with E-state index in [1.54, 1.807) is 6.20 Å². The number of hydrogen-bond donors (Lipinski definition) is 0. The van der Waals surface area contributed by atoms with Gasteiger partial charge in [-0.25, -0.2) is 9.97 Å². The van der Waals surface area contributed by atoms with Crippen LogP contribution >= 0.6 is 0 Å². The Balaban J connectivity index is 1.79. The van der Waals surface area contributed by atoms with Crippen LogP contribution in [0.2, 0.25) is 0 Å². The summed E-state index contributed by atoms with van der Waals surface area (Å²) in [6, 6.07) is 10.6. The zero-order valence-electron chi connectivity index (χ0n) is 14.4. The van der Waals surface area contributed by atoms with Crippen molar-refractivity contribution in [2.75, 3.05) is 13.1 Å². The zero-order valence-corrected chi connectivity index (χ0v) is 14.4. The van der Waals surface area contributed by atoms with E-state index in [0.717, 1.165) is 48.4 Å². The van der Waals surface area contributed by atoms with Gasteiger partial charge in [-0.1, -0.05) is 18.6 Å². The number of hydrogen-bond acceptors (Lipinski definition) is 5. The molecule has 0 N–H and O–H groups in total. The molecule has 0 spiro atoms. The molecule has 0 radical (unpaired) electrons. The topological polar surface area (TPSA) is 70.9 Å². The average Bonchev–Trinajstić information content (AvgIpc) is 3.20. The van der Waals surface area contributed by atoms with E-state index in [1.807, 2.05) is 25.1 Å². The van der Waals surface area contributed by atoms with Crippen LogP contribution in [-0.2, 0) is 6.54 Å². The van der Waals surface area contributed by atoms with Crippen molar-refractivity contribution in [2.45, 2.75) is 38.8 Å². The van der Waals surface area contributed by atoms with Crippen molar-refractivity contribution in [3.05, 3.63) is 47.9 Å². The molecule has 1 aromatic carbocycles. The summed E-state index contributed by atoms with van der Waals surface area (Å²) < 4.78 is 7.91. The van der Waals surface area contributed by atoms with Gasteiger partial charge >= 0.3 is 0 Å². The molecule has 6 nitrogen and oxygen atoms in total. The predicted molar refractivity (Wildman–Crippen MR) is 93.9 cm³/mol. The summed E-state index contributed by atoms with van der Waals surface area (Å²) in [5.74, 6) is 2.51. The third-order valence-electron chi connectivity index (χ3n) is 4.85. The van der Waals surface area contributed by atoms with Crippen LogP contribution in [0, 0.1) is 18.3 Å². The van der Waals surface area contributed by atoms with Crippen LogP contribution < -0.4 is 0 Å². The first-order chi connectivity index (χ1) is 12.3. The fourth-order valence-corrected chi connectivity index (χ4v) is 3.71. The van der Waals surface area contributed by atoms with Crippen LogP contribution in [0.5, 0.6) is 0 Å². The molecule has 1 unspecified atom stereocenters. The van der Waals surface area contributed by atoms with Crippen molar-refractivity contribution in [3.63, 3.8) is 0 Å². The Morgan fingerprint density at radius 2 is 2.20 bits per heavy atom. The highest BCUT2D eigenvalue weighted by atomic mass is 16.4. The molecular weight excluding hydrogens is 314 g/mol. The Bertz CT molecular complexity index is 919. The lowest BCUT2D eigenvalue weighted by molar-refractivity contribution is 0.158. The molecule has 3 aromatic rings. The second-order valence-electron chi connectivity index (χ2n) is 6.53. The number of fused-ring (bicyclic) bond motifs is 1. The number of aryl methyl sites for hydroxylation is 1. The van der Waals surface area contributed by atoms with Crippen LogP contribution in [-0.4, -0.2) is 32.5 Å². The molecule has 0 aliphatic carbocycles. The maximum atomic E-state index is 9.19. The second kappa shape index (κ2) is 6.69.